The van der Waals surface area contributed by atoms with E-state index in [1.807, 2.05) is 36.4 Å². The molecule has 0 atom stereocenters. The number of aryl methyl sites for hydroxylation is 1. The zero-order chi connectivity index (χ0) is 16.8. The van der Waals surface area contributed by atoms with Crippen molar-refractivity contribution < 1.29 is 18.7 Å². The summed E-state index contributed by atoms with van der Waals surface area (Å²) in [7, 11) is 1.63. The topological polar surface area (TPSA) is 61.6 Å². The number of ether oxygens (including phenoxy) is 2. The summed E-state index contributed by atoms with van der Waals surface area (Å²) in [6.45, 7) is 0.277. The van der Waals surface area contributed by atoms with Crippen LogP contribution in [0.15, 0.2) is 52.5 Å². The summed E-state index contributed by atoms with van der Waals surface area (Å²) in [4.78, 5) is 16.6. The van der Waals surface area contributed by atoms with Gasteiger partial charge in [-0.05, 0) is 36.4 Å². The number of nitrogens with zero attached hydrogens (tertiary/aromatic N) is 1. The highest BCUT2D eigenvalue weighted by atomic mass is 32.1. The Bertz CT molecular complexity index is 778. The summed E-state index contributed by atoms with van der Waals surface area (Å²) in [6.07, 6.45) is 2.50. The fourth-order valence-corrected chi connectivity index (χ4v) is 2.69. The molecule has 6 heteroatoms. The summed E-state index contributed by atoms with van der Waals surface area (Å²) < 4.78 is 16.1. The molecule has 0 unspecified atom stereocenters. The number of thiazole rings is 1. The van der Waals surface area contributed by atoms with Gasteiger partial charge in [0.2, 0.25) is 0 Å². The number of aromatic nitrogens is 1. The molecule has 0 N–H and O–H groups in total. The zero-order valence-electron chi connectivity index (χ0n) is 13.2. The molecule has 0 radical (unpaired) electrons. The first-order valence-corrected chi connectivity index (χ1v) is 8.38. The number of carbonyl (C=O) groups excluding carboxylic acids is 1. The van der Waals surface area contributed by atoms with E-state index in [2.05, 4.69) is 4.98 Å². The highest BCUT2D eigenvalue weighted by Crippen LogP contribution is 2.25. The first kappa shape index (κ1) is 16.3. The Balaban J connectivity index is 1.51. The minimum absolute atomic E-state index is 0.245. The van der Waals surface area contributed by atoms with Crippen LogP contribution in [-0.4, -0.2) is 18.1 Å². The van der Waals surface area contributed by atoms with Crippen LogP contribution < -0.4 is 4.74 Å². The average molecular weight is 343 g/mol. The molecule has 124 valence electrons. The Hall–Kier alpha value is -2.60. The number of furan rings is 1. The lowest BCUT2D eigenvalue weighted by atomic mass is 10.2. The minimum Gasteiger partial charge on any atom is -0.497 e. The second-order valence-electron chi connectivity index (χ2n) is 5.12. The third kappa shape index (κ3) is 4.23. The van der Waals surface area contributed by atoms with E-state index < -0.39 is 0 Å². The Morgan fingerprint density at radius 3 is 2.75 bits per heavy atom. The standard InChI is InChI=1S/C18H17NO4S/c1-21-14-4-2-13(3-5-14)17-8-6-15(23-17)7-9-18(20)22-11-16-10-19-12-24-16/h2-6,8,10,12H,7,9,11H2,1H3. The molecular formula is C18H17NO4S. The van der Waals surface area contributed by atoms with Crippen LogP contribution in [0.4, 0.5) is 0 Å². The molecule has 5 nitrogen and oxygen atoms in total. The zero-order valence-corrected chi connectivity index (χ0v) is 14.0. The van der Waals surface area contributed by atoms with E-state index in [4.69, 9.17) is 13.9 Å². The first-order chi connectivity index (χ1) is 11.7. The monoisotopic (exact) mass is 343 g/mol. The maximum absolute atomic E-state index is 11.8. The van der Waals surface area contributed by atoms with Crippen molar-refractivity contribution in [1.29, 1.82) is 0 Å². The van der Waals surface area contributed by atoms with E-state index >= 15 is 0 Å². The van der Waals surface area contributed by atoms with E-state index in [-0.39, 0.29) is 19.0 Å². The van der Waals surface area contributed by atoms with Crippen LogP contribution in [0, 0.1) is 0 Å². The van der Waals surface area contributed by atoms with Gasteiger partial charge in [0.25, 0.3) is 0 Å². The van der Waals surface area contributed by atoms with Crippen molar-refractivity contribution in [3.63, 3.8) is 0 Å². The molecule has 0 amide bonds. The van der Waals surface area contributed by atoms with E-state index in [1.165, 1.54) is 11.3 Å². The summed E-state index contributed by atoms with van der Waals surface area (Å²) in [5, 5.41) is 0. The van der Waals surface area contributed by atoms with Crippen molar-refractivity contribution in [2.45, 2.75) is 19.4 Å². The van der Waals surface area contributed by atoms with Crippen molar-refractivity contribution in [2.75, 3.05) is 7.11 Å². The number of rotatable bonds is 7. The minimum atomic E-state index is -0.245. The van der Waals surface area contributed by atoms with Gasteiger partial charge in [-0.2, -0.15) is 0 Å². The van der Waals surface area contributed by atoms with Crippen molar-refractivity contribution in [1.82, 2.24) is 4.98 Å². The molecule has 3 rings (SSSR count). The van der Waals surface area contributed by atoms with Gasteiger partial charge in [0.05, 0.1) is 23.9 Å². The number of hydrogen-bond donors (Lipinski definition) is 0. The highest BCUT2D eigenvalue weighted by Gasteiger charge is 2.09. The number of methoxy groups -OCH3 is 1. The van der Waals surface area contributed by atoms with E-state index in [0.29, 0.717) is 6.42 Å². The van der Waals surface area contributed by atoms with Gasteiger partial charge in [0, 0.05) is 18.2 Å². The summed E-state index contributed by atoms with van der Waals surface area (Å²) in [5.41, 5.74) is 2.68. The predicted molar refractivity (Wildman–Crippen MR) is 90.9 cm³/mol. The van der Waals surface area contributed by atoms with Crippen LogP contribution >= 0.6 is 11.3 Å². The van der Waals surface area contributed by atoms with Crippen molar-refractivity contribution in [2.24, 2.45) is 0 Å². The largest absolute Gasteiger partial charge is 0.497 e. The van der Waals surface area contributed by atoms with Crippen molar-refractivity contribution in [3.05, 3.63) is 58.7 Å². The Kier molecular flexibility index (Phi) is 5.28. The lowest BCUT2D eigenvalue weighted by molar-refractivity contribution is -0.144. The van der Waals surface area contributed by atoms with Crippen LogP contribution in [0.1, 0.15) is 17.1 Å². The van der Waals surface area contributed by atoms with Crippen molar-refractivity contribution in [3.8, 4) is 17.1 Å². The number of hydrogen-bond acceptors (Lipinski definition) is 6. The van der Waals surface area contributed by atoms with Crippen LogP contribution in [0.2, 0.25) is 0 Å². The van der Waals surface area contributed by atoms with E-state index in [0.717, 1.165) is 27.7 Å². The molecule has 1 aromatic carbocycles. The summed E-state index contributed by atoms with van der Waals surface area (Å²) in [6, 6.07) is 11.4. The lowest BCUT2D eigenvalue weighted by Gasteiger charge is -2.02. The van der Waals surface area contributed by atoms with E-state index in [9.17, 15) is 4.79 Å². The summed E-state index contributed by atoms with van der Waals surface area (Å²) in [5.74, 6) is 2.08. The normalized spacial score (nSPS) is 10.5. The molecule has 2 heterocycles. The smallest absolute Gasteiger partial charge is 0.306 e. The molecule has 0 spiro atoms. The van der Waals surface area contributed by atoms with Crippen LogP contribution in [0.25, 0.3) is 11.3 Å². The molecule has 3 aromatic rings. The second kappa shape index (κ2) is 7.79. The molecule has 24 heavy (non-hydrogen) atoms. The molecule has 0 fully saturated rings. The van der Waals surface area contributed by atoms with Crippen LogP contribution in [0.3, 0.4) is 0 Å². The number of carbonyl (C=O) groups is 1. The third-order valence-electron chi connectivity index (χ3n) is 3.47. The fraction of sp³-hybridized carbons (Fsp3) is 0.222. The Morgan fingerprint density at radius 2 is 2.04 bits per heavy atom. The van der Waals surface area contributed by atoms with E-state index in [1.54, 1.807) is 18.8 Å². The number of benzene rings is 1. The Morgan fingerprint density at radius 1 is 1.21 bits per heavy atom. The summed E-state index contributed by atoms with van der Waals surface area (Å²) >= 11 is 1.47. The van der Waals surface area contributed by atoms with Gasteiger partial charge in [-0.25, -0.2) is 0 Å². The number of esters is 1. The van der Waals surface area contributed by atoms with Crippen LogP contribution in [0.5, 0.6) is 5.75 Å². The quantitative estimate of drug-likeness (QED) is 0.605. The second-order valence-corrected chi connectivity index (χ2v) is 6.09. The average Bonchev–Trinajstić information content (AvgIpc) is 3.30. The predicted octanol–water partition coefficient (Wildman–Crippen LogP) is 4.09. The maximum atomic E-state index is 11.8. The van der Waals surface area contributed by atoms with Gasteiger partial charge in [-0.3, -0.25) is 9.78 Å². The van der Waals surface area contributed by atoms with Gasteiger partial charge in [0.15, 0.2) is 0 Å². The lowest BCUT2D eigenvalue weighted by Crippen LogP contribution is -2.04. The Labute approximate surface area is 143 Å². The third-order valence-corrected chi connectivity index (χ3v) is 4.22. The highest BCUT2D eigenvalue weighted by molar-refractivity contribution is 7.09. The molecule has 0 saturated carbocycles. The fourth-order valence-electron chi connectivity index (χ4n) is 2.19. The molecule has 0 saturated heterocycles. The van der Waals surface area contributed by atoms with Gasteiger partial charge in [-0.1, -0.05) is 0 Å². The molecular weight excluding hydrogens is 326 g/mol. The van der Waals surface area contributed by atoms with Gasteiger partial charge in [0.1, 0.15) is 23.9 Å². The maximum Gasteiger partial charge on any atom is 0.306 e. The van der Waals surface area contributed by atoms with Gasteiger partial charge in [-0.15, -0.1) is 11.3 Å². The molecule has 0 aliphatic heterocycles. The molecule has 0 aliphatic carbocycles. The SMILES string of the molecule is COc1ccc(-c2ccc(CCC(=O)OCc3cncs3)o2)cc1. The first-order valence-electron chi connectivity index (χ1n) is 7.51. The molecule has 0 aliphatic rings. The van der Waals surface area contributed by atoms with Crippen molar-refractivity contribution >= 4 is 17.3 Å². The van der Waals surface area contributed by atoms with Gasteiger partial charge < -0.3 is 13.9 Å². The molecule has 2 aromatic heterocycles. The van der Waals surface area contributed by atoms with Crippen LogP contribution in [-0.2, 0) is 22.6 Å². The molecule has 0 bridgehead atoms. The van der Waals surface area contributed by atoms with Gasteiger partial charge >= 0.3 is 5.97 Å².